The number of hydrogen-bond donors (Lipinski definition) is 1. The van der Waals surface area contributed by atoms with Crippen molar-refractivity contribution in [2.45, 2.75) is 37.3 Å². The van der Waals surface area contributed by atoms with E-state index >= 15 is 0 Å². The summed E-state index contributed by atoms with van der Waals surface area (Å²) >= 11 is 0. The molecule has 1 fully saturated rings. The Hall–Kier alpha value is -2.57. The number of hydrogen-bond acceptors (Lipinski definition) is 5. The molecular weight excluding hydrogens is 368 g/mol. The first-order valence-corrected chi connectivity index (χ1v) is 10.3. The van der Waals surface area contributed by atoms with Gasteiger partial charge in [-0.15, -0.1) is 0 Å². The number of carbonyl (C=O) groups excluding carboxylic acids is 1. The van der Waals surface area contributed by atoms with E-state index in [0.717, 1.165) is 36.3 Å². The maximum atomic E-state index is 13.8. The van der Waals surface area contributed by atoms with Gasteiger partial charge in [0.15, 0.2) is 0 Å². The van der Waals surface area contributed by atoms with Crippen LogP contribution in [0.5, 0.6) is 11.5 Å². The van der Waals surface area contributed by atoms with Crippen molar-refractivity contribution in [3.05, 3.63) is 53.6 Å². The van der Waals surface area contributed by atoms with Gasteiger partial charge in [-0.2, -0.15) is 0 Å². The topological polar surface area (TPSA) is 74.0 Å². The molecule has 2 unspecified atom stereocenters. The second kappa shape index (κ2) is 7.04. The molecular formula is C23H26N2O4. The lowest BCUT2D eigenvalue weighted by molar-refractivity contribution is -0.122. The Labute approximate surface area is 170 Å². The van der Waals surface area contributed by atoms with Crippen LogP contribution < -0.4 is 20.1 Å². The molecule has 3 aliphatic rings. The fourth-order valence-electron chi connectivity index (χ4n) is 4.65. The Kier molecular flexibility index (Phi) is 4.48. The second-order valence-corrected chi connectivity index (χ2v) is 8.21. The molecule has 0 aliphatic carbocycles. The number of rotatable bonds is 5. The minimum Gasteiger partial charge on any atom is -0.492 e. The average molecular weight is 394 g/mol. The molecule has 1 amide bonds. The van der Waals surface area contributed by atoms with Crippen LogP contribution in [0.25, 0.3) is 0 Å². The van der Waals surface area contributed by atoms with Gasteiger partial charge in [0.2, 0.25) is 5.91 Å². The molecule has 3 atom stereocenters. The molecule has 2 aromatic rings. The Balaban J connectivity index is 1.52. The SMILES string of the molecule is CC(N)COc1ccc2c(c1)OCC21C(=O)N(C[C@H]2CCCO2)c2ccccc21. The third kappa shape index (κ3) is 2.90. The van der Waals surface area contributed by atoms with Crippen LogP contribution in [0.2, 0.25) is 0 Å². The Bertz CT molecular complexity index is 938. The van der Waals surface area contributed by atoms with Gasteiger partial charge >= 0.3 is 0 Å². The zero-order valence-corrected chi connectivity index (χ0v) is 16.6. The van der Waals surface area contributed by atoms with Crippen LogP contribution >= 0.6 is 0 Å². The van der Waals surface area contributed by atoms with Gasteiger partial charge in [0, 0.05) is 30.0 Å². The Morgan fingerprint density at radius 2 is 2.14 bits per heavy atom. The highest BCUT2D eigenvalue weighted by molar-refractivity contribution is 6.11. The zero-order chi connectivity index (χ0) is 20.0. The summed E-state index contributed by atoms with van der Waals surface area (Å²) in [4.78, 5) is 15.7. The number of benzene rings is 2. The fourth-order valence-corrected chi connectivity index (χ4v) is 4.65. The molecule has 6 nitrogen and oxygen atoms in total. The van der Waals surface area contributed by atoms with Crippen molar-refractivity contribution in [3.63, 3.8) is 0 Å². The number of amides is 1. The molecule has 1 spiro atoms. The lowest BCUT2D eigenvalue weighted by Gasteiger charge is -2.24. The molecule has 2 aromatic carbocycles. The lowest BCUT2D eigenvalue weighted by Crippen LogP contribution is -2.44. The maximum Gasteiger partial charge on any atom is 0.245 e. The van der Waals surface area contributed by atoms with Crippen LogP contribution in [0.4, 0.5) is 5.69 Å². The summed E-state index contributed by atoms with van der Waals surface area (Å²) in [5, 5.41) is 0. The third-order valence-corrected chi connectivity index (χ3v) is 6.05. The largest absolute Gasteiger partial charge is 0.492 e. The number of carbonyl (C=O) groups is 1. The van der Waals surface area contributed by atoms with Crippen LogP contribution in [0, 0.1) is 0 Å². The van der Waals surface area contributed by atoms with Crippen molar-refractivity contribution >= 4 is 11.6 Å². The van der Waals surface area contributed by atoms with Crippen molar-refractivity contribution in [2.24, 2.45) is 5.73 Å². The molecule has 0 radical (unpaired) electrons. The van der Waals surface area contributed by atoms with Gasteiger partial charge in [0.25, 0.3) is 0 Å². The first-order chi connectivity index (χ1) is 14.1. The van der Waals surface area contributed by atoms with Gasteiger partial charge in [0.1, 0.15) is 30.1 Å². The normalized spacial score (nSPS) is 25.8. The van der Waals surface area contributed by atoms with E-state index in [9.17, 15) is 4.79 Å². The van der Waals surface area contributed by atoms with Crippen LogP contribution in [-0.4, -0.2) is 44.4 Å². The number of fused-ring (bicyclic) bond motifs is 4. The van der Waals surface area contributed by atoms with Gasteiger partial charge in [-0.1, -0.05) is 24.3 Å². The van der Waals surface area contributed by atoms with Crippen molar-refractivity contribution in [3.8, 4) is 11.5 Å². The highest BCUT2D eigenvalue weighted by atomic mass is 16.5. The van der Waals surface area contributed by atoms with E-state index in [1.807, 2.05) is 54.3 Å². The van der Waals surface area contributed by atoms with E-state index in [2.05, 4.69) is 0 Å². The standard InChI is InChI=1S/C23H26N2O4/c1-15(24)13-28-16-8-9-19-21(11-16)29-14-23(19)18-6-2-3-7-20(18)25(22(23)26)12-17-5-4-10-27-17/h2-3,6-9,11,15,17H,4-5,10,12-14,24H2,1H3/t15?,17-,23?/m1/s1. The monoisotopic (exact) mass is 394 g/mol. The van der Waals surface area contributed by atoms with Crippen molar-refractivity contribution in [2.75, 3.05) is 31.3 Å². The molecule has 3 heterocycles. The van der Waals surface area contributed by atoms with Gasteiger partial charge in [-0.25, -0.2) is 0 Å². The molecule has 152 valence electrons. The highest BCUT2D eigenvalue weighted by Crippen LogP contribution is 2.52. The quantitative estimate of drug-likeness (QED) is 0.844. The summed E-state index contributed by atoms with van der Waals surface area (Å²) in [6.45, 7) is 3.99. The summed E-state index contributed by atoms with van der Waals surface area (Å²) in [5.74, 6) is 1.47. The number of ether oxygens (including phenoxy) is 3. The minimum absolute atomic E-state index is 0.0508. The summed E-state index contributed by atoms with van der Waals surface area (Å²) in [6, 6.07) is 13.7. The molecule has 6 heteroatoms. The summed E-state index contributed by atoms with van der Waals surface area (Å²) in [7, 11) is 0. The van der Waals surface area contributed by atoms with Crippen LogP contribution in [0.1, 0.15) is 30.9 Å². The fraction of sp³-hybridized carbons (Fsp3) is 0.435. The predicted molar refractivity (Wildman–Crippen MR) is 110 cm³/mol. The molecule has 29 heavy (non-hydrogen) atoms. The van der Waals surface area contributed by atoms with E-state index in [1.54, 1.807) is 0 Å². The van der Waals surface area contributed by atoms with Crippen LogP contribution in [0.15, 0.2) is 42.5 Å². The van der Waals surface area contributed by atoms with E-state index in [1.165, 1.54) is 0 Å². The van der Waals surface area contributed by atoms with E-state index in [0.29, 0.717) is 31.3 Å². The molecule has 2 N–H and O–H groups in total. The predicted octanol–water partition coefficient (Wildman–Crippen LogP) is 2.62. The van der Waals surface area contributed by atoms with Gasteiger partial charge < -0.3 is 24.8 Å². The number of nitrogens with zero attached hydrogens (tertiary/aromatic N) is 1. The zero-order valence-electron chi connectivity index (χ0n) is 16.6. The number of para-hydroxylation sites is 1. The van der Waals surface area contributed by atoms with Crippen molar-refractivity contribution in [1.82, 2.24) is 0 Å². The molecule has 1 saturated heterocycles. The lowest BCUT2D eigenvalue weighted by atomic mass is 9.77. The molecule has 0 saturated carbocycles. The Morgan fingerprint density at radius 1 is 1.28 bits per heavy atom. The average Bonchev–Trinajstić information content (AvgIpc) is 3.42. The van der Waals surface area contributed by atoms with Gasteiger partial charge in [-0.05, 0) is 37.5 Å². The maximum absolute atomic E-state index is 13.8. The summed E-state index contributed by atoms with van der Waals surface area (Å²) < 4.78 is 17.6. The first-order valence-electron chi connectivity index (χ1n) is 10.3. The number of anilines is 1. The first kappa shape index (κ1) is 18.5. The summed E-state index contributed by atoms with van der Waals surface area (Å²) in [6.07, 6.45) is 2.14. The highest BCUT2D eigenvalue weighted by Gasteiger charge is 2.57. The molecule has 3 aliphatic heterocycles. The van der Waals surface area contributed by atoms with Crippen LogP contribution in [-0.2, 0) is 14.9 Å². The minimum atomic E-state index is -0.801. The van der Waals surface area contributed by atoms with Gasteiger partial charge in [0.05, 0.1) is 12.6 Å². The second-order valence-electron chi connectivity index (χ2n) is 8.21. The van der Waals surface area contributed by atoms with E-state index in [-0.39, 0.29) is 18.1 Å². The third-order valence-electron chi connectivity index (χ3n) is 6.05. The van der Waals surface area contributed by atoms with Crippen molar-refractivity contribution < 1.29 is 19.0 Å². The van der Waals surface area contributed by atoms with E-state index < -0.39 is 5.41 Å². The Morgan fingerprint density at radius 3 is 2.93 bits per heavy atom. The van der Waals surface area contributed by atoms with Crippen molar-refractivity contribution in [1.29, 1.82) is 0 Å². The van der Waals surface area contributed by atoms with E-state index in [4.69, 9.17) is 19.9 Å². The van der Waals surface area contributed by atoms with Gasteiger partial charge in [-0.3, -0.25) is 4.79 Å². The van der Waals surface area contributed by atoms with Crippen LogP contribution in [0.3, 0.4) is 0 Å². The molecule has 5 rings (SSSR count). The number of nitrogens with two attached hydrogens (primary N) is 1. The molecule has 0 aromatic heterocycles. The summed E-state index contributed by atoms with van der Waals surface area (Å²) in [5.41, 5.74) is 7.85. The smallest absolute Gasteiger partial charge is 0.245 e. The molecule has 0 bridgehead atoms.